The second kappa shape index (κ2) is 3.53. The number of benzene rings is 1. The maximum Gasteiger partial charge on any atom is 0.353 e. The maximum atomic E-state index is 11.4. The summed E-state index contributed by atoms with van der Waals surface area (Å²) in [6, 6.07) is 8.71. The van der Waals surface area contributed by atoms with E-state index in [4.69, 9.17) is 5.11 Å². The van der Waals surface area contributed by atoms with E-state index in [-0.39, 0.29) is 5.71 Å². The number of hydrogen-bond donors (Lipinski definition) is 2. The molecule has 1 aliphatic heterocycles. The number of carbonyl (C=O) groups excluding carboxylic acids is 1. The van der Waals surface area contributed by atoms with Crippen molar-refractivity contribution in [2.45, 2.75) is 5.92 Å². The fourth-order valence-electron chi connectivity index (χ4n) is 1.49. The summed E-state index contributed by atoms with van der Waals surface area (Å²) in [7, 11) is 0. The van der Waals surface area contributed by atoms with Gasteiger partial charge in [-0.15, -0.1) is 0 Å². The van der Waals surface area contributed by atoms with Crippen LogP contribution in [0.4, 0.5) is 0 Å². The van der Waals surface area contributed by atoms with Gasteiger partial charge < -0.3 is 5.11 Å². The molecule has 2 N–H and O–H groups in total. The number of rotatable bonds is 2. The molecule has 0 fully saturated rings. The quantitative estimate of drug-likeness (QED) is 0.729. The zero-order valence-electron chi connectivity index (χ0n) is 7.68. The Kier molecular flexibility index (Phi) is 2.21. The van der Waals surface area contributed by atoms with Gasteiger partial charge in [0.25, 0.3) is 5.91 Å². The van der Waals surface area contributed by atoms with Gasteiger partial charge in [0.2, 0.25) is 0 Å². The van der Waals surface area contributed by atoms with Crippen LogP contribution >= 0.6 is 0 Å². The molecule has 0 spiro atoms. The third-order valence-electron chi connectivity index (χ3n) is 2.17. The molecular formula is C10H8N2O3. The van der Waals surface area contributed by atoms with Crippen LogP contribution in [0, 0.1) is 0 Å². The smallest absolute Gasteiger partial charge is 0.353 e. The lowest BCUT2D eigenvalue weighted by Crippen LogP contribution is -2.25. The molecule has 76 valence electrons. The molecule has 0 saturated carbocycles. The minimum atomic E-state index is -1.18. The molecule has 0 aromatic heterocycles. The molecule has 1 aromatic rings. The summed E-state index contributed by atoms with van der Waals surface area (Å²) in [5, 5.41) is 12.3. The molecule has 0 bridgehead atoms. The van der Waals surface area contributed by atoms with Crippen molar-refractivity contribution in [2.75, 3.05) is 0 Å². The minimum absolute atomic E-state index is 0.161. The molecule has 0 unspecified atom stereocenters. The Hall–Kier alpha value is -2.17. The Morgan fingerprint density at radius 1 is 1.33 bits per heavy atom. The number of carboxylic acid groups (broad SMARTS) is 1. The average Bonchev–Trinajstić information content (AvgIpc) is 2.61. The number of nitrogens with zero attached hydrogens (tertiary/aromatic N) is 1. The number of aliphatic carboxylic acids is 1. The van der Waals surface area contributed by atoms with E-state index in [9.17, 15) is 9.59 Å². The van der Waals surface area contributed by atoms with Crippen molar-refractivity contribution in [3.05, 3.63) is 35.9 Å². The molecule has 5 heteroatoms. The van der Waals surface area contributed by atoms with Crippen molar-refractivity contribution < 1.29 is 14.7 Å². The van der Waals surface area contributed by atoms with Gasteiger partial charge in [-0.2, -0.15) is 5.10 Å². The Morgan fingerprint density at radius 3 is 2.60 bits per heavy atom. The summed E-state index contributed by atoms with van der Waals surface area (Å²) in [5.74, 6) is -2.38. The predicted molar refractivity (Wildman–Crippen MR) is 52.4 cm³/mol. The Morgan fingerprint density at radius 2 is 2.00 bits per heavy atom. The molecule has 1 atom stereocenters. The first-order valence-corrected chi connectivity index (χ1v) is 4.36. The van der Waals surface area contributed by atoms with Gasteiger partial charge >= 0.3 is 5.97 Å². The van der Waals surface area contributed by atoms with Crippen LogP contribution in [-0.2, 0) is 9.59 Å². The molecule has 2 rings (SSSR count). The topological polar surface area (TPSA) is 78.8 Å². The van der Waals surface area contributed by atoms with Crippen LogP contribution in [0.15, 0.2) is 35.4 Å². The van der Waals surface area contributed by atoms with Crippen molar-refractivity contribution in [2.24, 2.45) is 5.10 Å². The van der Waals surface area contributed by atoms with Crippen LogP contribution in [-0.4, -0.2) is 22.7 Å². The molecule has 5 nitrogen and oxygen atoms in total. The standard InChI is InChI=1S/C10H8N2O3/c13-9-7(6-4-2-1-3-5-6)8(10(14)15)11-12-9/h1-5,7H,(H,12,13)(H,14,15)/t7-/m0/s1. The molecule has 0 saturated heterocycles. The second-order valence-electron chi connectivity index (χ2n) is 3.12. The second-order valence-corrected chi connectivity index (χ2v) is 3.12. The minimum Gasteiger partial charge on any atom is -0.477 e. The fraction of sp³-hybridized carbons (Fsp3) is 0.100. The summed E-state index contributed by atoms with van der Waals surface area (Å²) in [4.78, 5) is 22.2. The van der Waals surface area contributed by atoms with Crippen molar-refractivity contribution >= 4 is 17.6 Å². The van der Waals surface area contributed by atoms with Gasteiger partial charge in [-0.3, -0.25) is 4.79 Å². The summed E-state index contributed by atoms with van der Waals surface area (Å²) in [6.45, 7) is 0. The van der Waals surface area contributed by atoms with E-state index in [1.54, 1.807) is 30.3 Å². The third-order valence-corrected chi connectivity index (χ3v) is 2.17. The lowest BCUT2D eigenvalue weighted by Gasteiger charge is -2.06. The van der Waals surface area contributed by atoms with Gasteiger partial charge in [0.15, 0.2) is 5.71 Å². The maximum absolute atomic E-state index is 11.4. The monoisotopic (exact) mass is 204 g/mol. The molecule has 1 aromatic carbocycles. The number of hydrazone groups is 1. The first-order chi connectivity index (χ1) is 7.20. The first kappa shape index (κ1) is 9.39. The SMILES string of the molecule is O=C(O)C1=NNC(=O)[C@H]1c1ccccc1. The number of carboxylic acids is 1. The number of amides is 1. The zero-order valence-corrected chi connectivity index (χ0v) is 7.68. The van der Waals surface area contributed by atoms with Gasteiger partial charge in [-0.05, 0) is 5.56 Å². The number of nitrogens with one attached hydrogen (secondary N) is 1. The van der Waals surface area contributed by atoms with E-state index in [0.29, 0.717) is 5.56 Å². The van der Waals surface area contributed by atoms with Crippen LogP contribution in [0.25, 0.3) is 0 Å². The summed E-state index contributed by atoms with van der Waals surface area (Å²) in [6.07, 6.45) is 0. The summed E-state index contributed by atoms with van der Waals surface area (Å²) in [5.41, 5.74) is 2.64. The predicted octanol–water partition coefficient (Wildman–Crippen LogP) is 0.341. The highest BCUT2D eigenvalue weighted by Crippen LogP contribution is 2.21. The average molecular weight is 204 g/mol. The van der Waals surface area contributed by atoms with Crippen molar-refractivity contribution in [1.29, 1.82) is 0 Å². The van der Waals surface area contributed by atoms with Crippen LogP contribution < -0.4 is 5.43 Å². The third kappa shape index (κ3) is 1.59. The van der Waals surface area contributed by atoms with Gasteiger partial charge in [0, 0.05) is 0 Å². The highest BCUT2D eigenvalue weighted by Gasteiger charge is 2.35. The van der Waals surface area contributed by atoms with Gasteiger partial charge in [-0.1, -0.05) is 30.3 Å². The van der Waals surface area contributed by atoms with E-state index in [0.717, 1.165) is 0 Å². The molecular weight excluding hydrogens is 196 g/mol. The van der Waals surface area contributed by atoms with Crippen LogP contribution in [0.5, 0.6) is 0 Å². The molecule has 1 amide bonds. The van der Waals surface area contributed by atoms with E-state index in [2.05, 4.69) is 10.5 Å². The molecule has 1 aliphatic rings. The van der Waals surface area contributed by atoms with Crippen LogP contribution in [0.3, 0.4) is 0 Å². The highest BCUT2D eigenvalue weighted by molar-refractivity contribution is 6.43. The normalized spacial score (nSPS) is 19.6. The van der Waals surface area contributed by atoms with E-state index in [1.165, 1.54) is 0 Å². The highest BCUT2D eigenvalue weighted by atomic mass is 16.4. The largest absolute Gasteiger partial charge is 0.477 e. The fourth-order valence-corrected chi connectivity index (χ4v) is 1.49. The Balaban J connectivity index is 2.40. The van der Waals surface area contributed by atoms with Crippen molar-refractivity contribution in [3.63, 3.8) is 0 Å². The molecule has 0 radical (unpaired) electrons. The molecule has 0 aliphatic carbocycles. The summed E-state index contributed by atoms with van der Waals surface area (Å²) < 4.78 is 0. The lowest BCUT2D eigenvalue weighted by molar-refractivity contribution is -0.130. The van der Waals surface area contributed by atoms with Crippen LogP contribution in [0.2, 0.25) is 0 Å². The Bertz CT molecular complexity index is 439. The lowest BCUT2D eigenvalue weighted by atomic mass is 9.94. The Labute approximate surface area is 85.4 Å². The molecule has 15 heavy (non-hydrogen) atoms. The van der Waals surface area contributed by atoms with Crippen molar-refractivity contribution in [1.82, 2.24) is 5.43 Å². The first-order valence-electron chi connectivity index (χ1n) is 4.36. The summed E-state index contributed by atoms with van der Waals surface area (Å²) >= 11 is 0. The van der Waals surface area contributed by atoms with Crippen LogP contribution in [0.1, 0.15) is 11.5 Å². The number of hydrogen-bond acceptors (Lipinski definition) is 3. The molecule has 1 heterocycles. The van der Waals surface area contributed by atoms with Gasteiger partial charge in [0.1, 0.15) is 5.92 Å². The van der Waals surface area contributed by atoms with Gasteiger partial charge in [0.05, 0.1) is 0 Å². The van der Waals surface area contributed by atoms with E-state index >= 15 is 0 Å². The van der Waals surface area contributed by atoms with E-state index in [1.807, 2.05) is 0 Å². The van der Waals surface area contributed by atoms with Crippen molar-refractivity contribution in [3.8, 4) is 0 Å². The number of carbonyl (C=O) groups is 2. The van der Waals surface area contributed by atoms with E-state index < -0.39 is 17.8 Å². The zero-order chi connectivity index (χ0) is 10.8. The van der Waals surface area contributed by atoms with Gasteiger partial charge in [-0.25, -0.2) is 10.2 Å².